The maximum absolute atomic E-state index is 11.4. The molecule has 0 aromatic heterocycles. The molecule has 19 heavy (non-hydrogen) atoms. The van der Waals surface area contributed by atoms with Gasteiger partial charge in [-0.3, -0.25) is 4.79 Å². The van der Waals surface area contributed by atoms with Crippen molar-refractivity contribution in [1.29, 1.82) is 0 Å². The van der Waals surface area contributed by atoms with Gasteiger partial charge in [0, 0.05) is 6.42 Å². The summed E-state index contributed by atoms with van der Waals surface area (Å²) in [7, 11) is 0. The zero-order chi connectivity index (χ0) is 13.9. The number of hydrogen-bond acceptors (Lipinski definition) is 4. The molecule has 0 fully saturated rings. The van der Waals surface area contributed by atoms with Gasteiger partial charge in [-0.15, -0.1) is 5.92 Å². The van der Waals surface area contributed by atoms with Crippen LogP contribution in [0.2, 0.25) is 0 Å². The summed E-state index contributed by atoms with van der Waals surface area (Å²) in [5, 5.41) is 2.56. The van der Waals surface area contributed by atoms with Crippen molar-refractivity contribution in [3.05, 3.63) is 0 Å². The molecule has 0 heterocycles. The summed E-state index contributed by atoms with van der Waals surface area (Å²) in [4.78, 5) is 21.7. The van der Waals surface area contributed by atoms with E-state index < -0.39 is 6.09 Å². The molecule has 0 saturated carbocycles. The Bertz CT molecular complexity index is 359. The third-order valence-electron chi connectivity index (χ3n) is 2.62. The van der Waals surface area contributed by atoms with Crippen molar-refractivity contribution in [1.82, 2.24) is 5.32 Å². The monoisotopic (exact) mass is 268 g/mol. The summed E-state index contributed by atoms with van der Waals surface area (Å²) in [6.07, 6.45) is 4.13. The first-order chi connectivity index (χ1) is 9.18. The first-order valence-corrected chi connectivity index (χ1v) is 6.47. The van der Waals surface area contributed by atoms with Gasteiger partial charge in [0.15, 0.2) is 0 Å². The van der Waals surface area contributed by atoms with Gasteiger partial charge in [0.1, 0.15) is 19.3 Å². The van der Waals surface area contributed by atoms with Crippen molar-refractivity contribution in [3.63, 3.8) is 0 Å². The highest BCUT2D eigenvalue weighted by molar-refractivity contribution is 5.77. The second kappa shape index (κ2) is 9.22. The number of nitrogens with one attached hydrogen (secondary N) is 1. The number of nitrogens with two attached hydrogens (primary N) is 1. The fourth-order valence-corrected chi connectivity index (χ4v) is 1.67. The molecule has 106 valence electrons. The Morgan fingerprint density at radius 3 is 2.95 bits per heavy atom. The molecule has 1 rings (SSSR count). The van der Waals surface area contributed by atoms with Crippen LogP contribution in [0.3, 0.4) is 0 Å². The Hall–Kier alpha value is -1.74. The number of carbonyl (C=O) groups excluding carboxylic acids is 2. The van der Waals surface area contributed by atoms with E-state index >= 15 is 0 Å². The van der Waals surface area contributed by atoms with Crippen molar-refractivity contribution in [2.45, 2.75) is 38.2 Å². The lowest BCUT2D eigenvalue weighted by molar-refractivity contribution is -0.126. The van der Waals surface area contributed by atoms with Gasteiger partial charge in [-0.05, 0) is 19.3 Å². The van der Waals surface area contributed by atoms with Crippen LogP contribution in [-0.2, 0) is 14.3 Å². The third kappa shape index (κ3) is 8.06. The Morgan fingerprint density at radius 2 is 2.16 bits per heavy atom. The Balaban J connectivity index is 2.12. The lowest BCUT2D eigenvalue weighted by atomic mass is 10.1. The van der Waals surface area contributed by atoms with Crippen LogP contribution in [0.25, 0.3) is 0 Å². The van der Waals surface area contributed by atoms with E-state index in [9.17, 15) is 9.59 Å². The first kappa shape index (κ1) is 15.3. The number of rotatable bonds is 6. The summed E-state index contributed by atoms with van der Waals surface area (Å²) in [5.74, 6) is 5.82. The minimum atomic E-state index is -0.852. The lowest BCUT2D eigenvalue weighted by Gasteiger charge is -2.13. The quantitative estimate of drug-likeness (QED) is 0.543. The molecule has 0 aromatic carbocycles. The molecule has 0 aliphatic heterocycles. The SMILES string of the molecule is NC(=O)OCCNC(=O)COC1C#CCCCCC1. The van der Waals surface area contributed by atoms with Gasteiger partial charge < -0.3 is 20.5 Å². The minimum Gasteiger partial charge on any atom is -0.448 e. The highest BCUT2D eigenvalue weighted by Crippen LogP contribution is 2.10. The normalized spacial score (nSPS) is 18.4. The van der Waals surface area contributed by atoms with Crippen LogP contribution in [0.5, 0.6) is 0 Å². The molecule has 0 spiro atoms. The molecular formula is C13H20N2O4. The van der Waals surface area contributed by atoms with E-state index in [1.165, 1.54) is 0 Å². The van der Waals surface area contributed by atoms with Gasteiger partial charge in [0.05, 0.1) is 6.54 Å². The maximum atomic E-state index is 11.4. The van der Waals surface area contributed by atoms with Crippen LogP contribution in [0.15, 0.2) is 0 Å². The van der Waals surface area contributed by atoms with Crippen LogP contribution >= 0.6 is 0 Å². The van der Waals surface area contributed by atoms with Crippen molar-refractivity contribution in [2.24, 2.45) is 5.73 Å². The summed E-state index contributed by atoms with van der Waals surface area (Å²) < 4.78 is 9.92. The van der Waals surface area contributed by atoms with E-state index in [1.807, 2.05) is 0 Å². The van der Waals surface area contributed by atoms with Gasteiger partial charge in [-0.2, -0.15) is 0 Å². The van der Waals surface area contributed by atoms with Gasteiger partial charge in [0.2, 0.25) is 5.91 Å². The van der Waals surface area contributed by atoms with Crippen molar-refractivity contribution in [3.8, 4) is 11.8 Å². The minimum absolute atomic E-state index is 0.0318. The van der Waals surface area contributed by atoms with E-state index in [-0.39, 0.29) is 31.8 Å². The molecule has 3 N–H and O–H groups in total. The third-order valence-corrected chi connectivity index (χ3v) is 2.62. The highest BCUT2D eigenvalue weighted by atomic mass is 16.5. The molecule has 1 aliphatic rings. The zero-order valence-electron chi connectivity index (χ0n) is 10.9. The van der Waals surface area contributed by atoms with Crippen molar-refractivity contribution >= 4 is 12.0 Å². The lowest BCUT2D eigenvalue weighted by Crippen LogP contribution is -2.33. The zero-order valence-corrected chi connectivity index (χ0v) is 10.9. The van der Waals surface area contributed by atoms with Gasteiger partial charge in [0.25, 0.3) is 0 Å². The average molecular weight is 268 g/mol. The second-order valence-electron chi connectivity index (χ2n) is 4.24. The number of primary amides is 1. The summed E-state index contributed by atoms with van der Waals surface area (Å²) in [5.41, 5.74) is 4.78. The fraction of sp³-hybridized carbons (Fsp3) is 0.692. The van der Waals surface area contributed by atoms with Gasteiger partial charge >= 0.3 is 6.09 Å². The summed E-state index contributed by atoms with van der Waals surface area (Å²) in [6, 6.07) is 0. The number of ether oxygens (including phenoxy) is 2. The molecule has 1 unspecified atom stereocenters. The fourth-order valence-electron chi connectivity index (χ4n) is 1.67. The molecular weight excluding hydrogens is 248 g/mol. The van der Waals surface area contributed by atoms with Crippen molar-refractivity contribution in [2.75, 3.05) is 19.8 Å². The smallest absolute Gasteiger partial charge is 0.404 e. The number of amides is 2. The topological polar surface area (TPSA) is 90.7 Å². The maximum Gasteiger partial charge on any atom is 0.404 e. The van der Waals surface area contributed by atoms with Gasteiger partial charge in [-0.25, -0.2) is 4.79 Å². The van der Waals surface area contributed by atoms with Gasteiger partial charge in [-0.1, -0.05) is 12.3 Å². The molecule has 0 radical (unpaired) electrons. The van der Waals surface area contributed by atoms with Crippen LogP contribution < -0.4 is 11.1 Å². The molecule has 1 atom stereocenters. The van der Waals surface area contributed by atoms with Crippen LogP contribution in [0, 0.1) is 11.8 Å². The Kier molecular flexibility index (Phi) is 7.44. The predicted octanol–water partition coefficient (Wildman–Crippen LogP) is 0.551. The highest BCUT2D eigenvalue weighted by Gasteiger charge is 2.10. The predicted molar refractivity (Wildman–Crippen MR) is 69.1 cm³/mol. The van der Waals surface area contributed by atoms with Crippen LogP contribution in [-0.4, -0.2) is 37.9 Å². The van der Waals surface area contributed by atoms with Crippen LogP contribution in [0.4, 0.5) is 4.79 Å². The number of carbonyl (C=O) groups is 2. The molecule has 0 bridgehead atoms. The molecule has 0 saturated heterocycles. The average Bonchev–Trinajstić information content (AvgIpc) is 2.33. The first-order valence-electron chi connectivity index (χ1n) is 6.47. The molecule has 6 heteroatoms. The van der Waals surface area contributed by atoms with Crippen molar-refractivity contribution < 1.29 is 19.1 Å². The summed E-state index contributed by atoms with van der Waals surface area (Å²) >= 11 is 0. The van der Waals surface area contributed by atoms with E-state index in [0.29, 0.717) is 0 Å². The molecule has 1 aliphatic carbocycles. The molecule has 6 nitrogen and oxygen atoms in total. The second-order valence-corrected chi connectivity index (χ2v) is 4.24. The van der Waals surface area contributed by atoms with E-state index in [0.717, 1.165) is 32.1 Å². The largest absolute Gasteiger partial charge is 0.448 e. The van der Waals surface area contributed by atoms with E-state index in [1.54, 1.807) is 0 Å². The number of hydrogen-bond donors (Lipinski definition) is 2. The Morgan fingerprint density at radius 1 is 1.32 bits per heavy atom. The molecule has 2 amide bonds. The molecule has 0 aromatic rings. The Labute approximate surface area is 113 Å². The van der Waals surface area contributed by atoms with Crippen LogP contribution in [0.1, 0.15) is 32.1 Å². The summed E-state index contributed by atoms with van der Waals surface area (Å²) in [6.45, 7) is 0.252. The standard InChI is InChI=1S/C13H20N2O4/c14-13(17)18-9-8-15-12(16)10-19-11-6-4-2-1-3-5-7-11/h11H,1-4,6,8-10H2,(H2,14,17)(H,15,16). The van der Waals surface area contributed by atoms with E-state index in [4.69, 9.17) is 10.5 Å². The van der Waals surface area contributed by atoms with E-state index in [2.05, 4.69) is 21.9 Å².